The molecular formula is C15H15ClF3N5O2. The van der Waals surface area contributed by atoms with Crippen LogP contribution >= 0.6 is 12.4 Å². The Morgan fingerprint density at radius 2 is 1.96 bits per heavy atom. The summed E-state index contributed by atoms with van der Waals surface area (Å²) in [6, 6.07) is 1.58. The van der Waals surface area contributed by atoms with Crippen molar-refractivity contribution >= 4 is 29.9 Å². The van der Waals surface area contributed by atoms with E-state index in [4.69, 9.17) is 0 Å². The summed E-state index contributed by atoms with van der Waals surface area (Å²) in [6.07, 6.45) is 0.714. The molecule has 0 spiro atoms. The second-order valence-corrected chi connectivity index (χ2v) is 5.41. The molecule has 0 radical (unpaired) electrons. The monoisotopic (exact) mass is 389 g/mol. The fraction of sp³-hybridized carbons (Fsp3) is 0.267. The van der Waals surface area contributed by atoms with Gasteiger partial charge in [0.2, 0.25) is 5.91 Å². The first-order valence-corrected chi connectivity index (χ1v) is 7.45. The Balaban J connectivity index is 0.00000243. The van der Waals surface area contributed by atoms with Gasteiger partial charge in [0.05, 0.1) is 12.2 Å². The summed E-state index contributed by atoms with van der Waals surface area (Å²) in [7, 11) is 0. The number of anilines is 1. The molecule has 1 aromatic carbocycles. The second-order valence-electron chi connectivity index (χ2n) is 5.41. The summed E-state index contributed by atoms with van der Waals surface area (Å²) in [5.41, 5.74) is 1.25. The zero-order valence-electron chi connectivity index (χ0n) is 13.3. The van der Waals surface area contributed by atoms with Crippen LogP contribution in [0.5, 0.6) is 0 Å². The van der Waals surface area contributed by atoms with E-state index in [1.165, 1.54) is 0 Å². The number of amides is 2. The van der Waals surface area contributed by atoms with Gasteiger partial charge in [0.15, 0.2) is 23.1 Å². The van der Waals surface area contributed by atoms with E-state index < -0.39 is 41.5 Å². The van der Waals surface area contributed by atoms with Gasteiger partial charge in [0, 0.05) is 30.8 Å². The van der Waals surface area contributed by atoms with Gasteiger partial charge in [-0.15, -0.1) is 12.4 Å². The molecule has 2 amide bonds. The van der Waals surface area contributed by atoms with E-state index in [1.807, 2.05) is 0 Å². The van der Waals surface area contributed by atoms with Gasteiger partial charge in [0.25, 0.3) is 5.91 Å². The molecule has 4 N–H and O–H groups in total. The van der Waals surface area contributed by atoms with E-state index in [0.717, 1.165) is 23.9 Å². The number of H-pyrrole nitrogens is 1. The van der Waals surface area contributed by atoms with Crippen LogP contribution in [0, 0.1) is 17.5 Å². The zero-order chi connectivity index (χ0) is 18.0. The smallest absolute Gasteiger partial charge is 0.272 e. The normalized spacial score (nSPS) is 12.7. The van der Waals surface area contributed by atoms with Crippen LogP contribution in [-0.4, -0.2) is 35.1 Å². The van der Waals surface area contributed by atoms with Gasteiger partial charge in [-0.1, -0.05) is 0 Å². The molecule has 0 unspecified atom stereocenters. The highest BCUT2D eigenvalue weighted by Gasteiger charge is 2.22. The number of hydrogen-bond donors (Lipinski definition) is 4. The molecule has 0 saturated heterocycles. The lowest BCUT2D eigenvalue weighted by Crippen LogP contribution is -2.34. The molecule has 1 aliphatic rings. The second kappa shape index (κ2) is 8.19. The molecule has 2 heterocycles. The number of aromatic amines is 1. The Labute approximate surface area is 152 Å². The van der Waals surface area contributed by atoms with Crippen molar-refractivity contribution in [2.75, 3.05) is 18.4 Å². The zero-order valence-corrected chi connectivity index (χ0v) is 14.1. The molecule has 26 heavy (non-hydrogen) atoms. The number of carbonyl (C=O) groups is 2. The van der Waals surface area contributed by atoms with Crippen molar-refractivity contribution < 1.29 is 22.8 Å². The maximum atomic E-state index is 13.5. The van der Waals surface area contributed by atoms with Crippen molar-refractivity contribution in [1.29, 1.82) is 0 Å². The fourth-order valence-corrected chi connectivity index (χ4v) is 2.47. The summed E-state index contributed by atoms with van der Waals surface area (Å²) in [6.45, 7) is 0.783. The van der Waals surface area contributed by atoms with E-state index in [2.05, 4.69) is 26.1 Å². The van der Waals surface area contributed by atoms with Gasteiger partial charge in [-0.2, -0.15) is 5.10 Å². The molecule has 0 aliphatic carbocycles. The number of nitrogens with zero attached hydrogens (tertiary/aromatic N) is 1. The number of hydrogen-bond acceptors (Lipinski definition) is 4. The standard InChI is InChI=1S/C15H14F3N5O2.ClH/c16-8-1-2-10(13(18)12(8)17)21-11(24)6-20-15(25)14-7-5-19-4-3-9(7)22-23-14;/h1-2,19H,3-6H2,(H,20,25)(H,21,24)(H,22,23);1H. The number of aromatic nitrogens is 2. The third kappa shape index (κ3) is 3.97. The molecule has 0 saturated carbocycles. The highest BCUT2D eigenvalue weighted by atomic mass is 35.5. The highest BCUT2D eigenvalue weighted by Crippen LogP contribution is 2.19. The third-order valence-electron chi connectivity index (χ3n) is 3.74. The van der Waals surface area contributed by atoms with Crippen molar-refractivity contribution in [2.45, 2.75) is 13.0 Å². The Morgan fingerprint density at radius 3 is 2.73 bits per heavy atom. The van der Waals surface area contributed by atoms with Crippen molar-refractivity contribution in [3.05, 3.63) is 46.5 Å². The number of halogens is 4. The van der Waals surface area contributed by atoms with E-state index in [9.17, 15) is 22.8 Å². The fourth-order valence-electron chi connectivity index (χ4n) is 2.47. The van der Waals surface area contributed by atoms with E-state index in [0.29, 0.717) is 19.0 Å². The van der Waals surface area contributed by atoms with Crippen LogP contribution in [0.25, 0.3) is 0 Å². The quantitative estimate of drug-likeness (QED) is 0.592. The number of nitrogens with one attached hydrogen (secondary N) is 4. The largest absolute Gasteiger partial charge is 0.342 e. The maximum Gasteiger partial charge on any atom is 0.272 e. The molecule has 140 valence electrons. The third-order valence-corrected chi connectivity index (χ3v) is 3.74. The number of fused-ring (bicyclic) bond motifs is 1. The van der Waals surface area contributed by atoms with E-state index in [1.54, 1.807) is 0 Å². The lowest BCUT2D eigenvalue weighted by atomic mass is 10.1. The SMILES string of the molecule is Cl.O=C(CNC(=O)c1n[nH]c2c1CNCC2)Nc1ccc(F)c(F)c1F. The van der Waals surface area contributed by atoms with Crippen LogP contribution in [0.1, 0.15) is 21.7 Å². The van der Waals surface area contributed by atoms with Gasteiger partial charge < -0.3 is 16.0 Å². The maximum absolute atomic E-state index is 13.5. The lowest BCUT2D eigenvalue weighted by molar-refractivity contribution is -0.115. The Bertz CT molecular complexity index is 843. The van der Waals surface area contributed by atoms with Gasteiger partial charge in [0.1, 0.15) is 0 Å². The Hall–Kier alpha value is -2.59. The molecule has 11 heteroatoms. The summed E-state index contributed by atoms with van der Waals surface area (Å²) in [4.78, 5) is 23.9. The van der Waals surface area contributed by atoms with Crippen LogP contribution in [-0.2, 0) is 17.8 Å². The minimum Gasteiger partial charge on any atom is -0.342 e. The Kier molecular flexibility index (Phi) is 6.22. The van der Waals surface area contributed by atoms with Crippen molar-refractivity contribution in [3.63, 3.8) is 0 Å². The first-order valence-electron chi connectivity index (χ1n) is 7.45. The van der Waals surface area contributed by atoms with Crippen LogP contribution < -0.4 is 16.0 Å². The van der Waals surface area contributed by atoms with Crippen molar-refractivity contribution in [1.82, 2.24) is 20.8 Å². The summed E-state index contributed by atoms with van der Waals surface area (Å²) < 4.78 is 39.5. The van der Waals surface area contributed by atoms with E-state index >= 15 is 0 Å². The van der Waals surface area contributed by atoms with Crippen LogP contribution in [0.4, 0.5) is 18.9 Å². The molecule has 2 aromatic rings. The van der Waals surface area contributed by atoms with Crippen LogP contribution in [0.15, 0.2) is 12.1 Å². The predicted octanol–water partition coefficient (Wildman–Crippen LogP) is 1.26. The van der Waals surface area contributed by atoms with Crippen molar-refractivity contribution in [2.24, 2.45) is 0 Å². The average molecular weight is 390 g/mol. The molecular weight excluding hydrogens is 375 g/mol. The van der Waals surface area contributed by atoms with Gasteiger partial charge in [-0.3, -0.25) is 14.7 Å². The topological polar surface area (TPSA) is 98.9 Å². The minimum atomic E-state index is -1.68. The summed E-state index contributed by atoms with van der Waals surface area (Å²) >= 11 is 0. The predicted molar refractivity (Wildman–Crippen MR) is 88.5 cm³/mol. The molecule has 0 bridgehead atoms. The van der Waals surface area contributed by atoms with Crippen molar-refractivity contribution in [3.8, 4) is 0 Å². The van der Waals surface area contributed by atoms with Crippen LogP contribution in [0.3, 0.4) is 0 Å². The molecule has 0 fully saturated rings. The molecule has 0 atom stereocenters. The lowest BCUT2D eigenvalue weighted by Gasteiger charge is -2.13. The first-order chi connectivity index (χ1) is 12.0. The molecule has 1 aliphatic heterocycles. The number of rotatable bonds is 4. The van der Waals surface area contributed by atoms with Gasteiger partial charge in [-0.25, -0.2) is 13.2 Å². The Morgan fingerprint density at radius 1 is 1.19 bits per heavy atom. The molecule has 1 aromatic heterocycles. The highest BCUT2D eigenvalue weighted by molar-refractivity contribution is 5.99. The first kappa shape index (κ1) is 19.7. The number of benzene rings is 1. The molecule has 7 nitrogen and oxygen atoms in total. The van der Waals surface area contributed by atoms with Crippen LogP contribution in [0.2, 0.25) is 0 Å². The summed E-state index contributed by atoms with van der Waals surface area (Å²) in [5.74, 6) is -5.91. The van der Waals surface area contributed by atoms with E-state index in [-0.39, 0.29) is 18.1 Å². The number of carbonyl (C=O) groups excluding carboxylic acids is 2. The summed E-state index contributed by atoms with van der Waals surface area (Å²) in [5, 5.41) is 14.2. The molecule has 3 rings (SSSR count). The van der Waals surface area contributed by atoms with Gasteiger partial charge in [-0.05, 0) is 12.1 Å². The van der Waals surface area contributed by atoms with Gasteiger partial charge >= 0.3 is 0 Å². The minimum absolute atomic E-state index is 0. The average Bonchev–Trinajstić information content (AvgIpc) is 3.04.